The summed E-state index contributed by atoms with van der Waals surface area (Å²) in [6, 6.07) is 6.26. The molecule has 2 aromatic rings. The van der Waals surface area contributed by atoms with Crippen molar-refractivity contribution in [3.63, 3.8) is 0 Å². The first-order valence-corrected chi connectivity index (χ1v) is 7.19. The Labute approximate surface area is 119 Å². The fourth-order valence-electron chi connectivity index (χ4n) is 2.80. The van der Waals surface area contributed by atoms with Crippen LogP contribution in [0.1, 0.15) is 45.7 Å². The van der Waals surface area contributed by atoms with Crippen molar-refractivity contribution >= 4 is 11.1 Å². The minimum Gasteiger partial charge on any atom is -0.408 e. The lowest BCUT2D eigenvalue weighted by molar-refractivity contribution is 0.287. The molecule has 0 aliphatic heterocycles. The molecule has 1 atom stereocenters. The summed E-state index contributed by atoms with van der Waals surface area (Å²) in [7, 11) is 1.96. The lowest BCUT2D eigenvalue weighted by atomic mass is 9.82. The van der Waals surface area contributed by atoms with E-state index in [0.717, 1.165) is 17.5 Å². The zero-order valence-corrected chi connectivity index (χ0v) is 13.0. The SMILES string of the molecule is CCCn1c(=O)oc2cc(C(NC)C(C)(C)C)ccc21. The van der Waals surface area contributed by atoms with Gasteiger partial charge in [0.05, 0.1) is 5.52 Å². The van der Waals surface area contributed by atoms with Crippen molar-refractivity contribution in [3.8, 4) is 0 Å². The number of aryl methyl sites for hydroxylation is 1. The van der Waals surface area contributed by atoms with Crippen molar-refractivity contribution in [2.45, 2.75) is 46.7 Å². The Kier molecular flexibility index (Phi) is 4.04. The van der Waals surface area contributed by atoms with Crippen molar-refractivity contribution in [3.05, 3.63) is 34.3 Å². The third kappa shape index (κ3) is 2.66. The summed E-state index contributed by atoms with van der Waals surface area (Å²) in [5.74, 6) is -0.268. The topological polar surface area (TPSA) is 47.2 Å². The van der Waals surface area contributed by atoms with Crippen LogP contribution in [0, 0.1) is 5.41 Å². The molecule has 1 heterocycles. The second-order valence-corrected chi connectivity index (χ2v) is 6.33. The van der Waals surface area contributed by atoms with E-state index in [9.17, 15) is 4.79 Å². The van der Waals surface area contributed by atoms with Crippen LogP contribution in [0.3, 0.4) is 0 Å². The number of nitrogens with one attached hydrogen (secondary N) is 1. The second-order valence-electron chi connectivity index (χ2n) is 6.33. The second kappa shape index (κ2) is 5.44. The average Bonchev–Trinajstić information content (AvgIpc) is 2.65. The smallest absolute Gasteiger partial charge is 0.408 e. The average molecular weight is 276 g/mol. The van der Waals surface area contributed by atoms with Gasteiger partial charge in [-0.05, 0) is 36.6 Å². The van der Waals surface area contributed by atoms with E-state index >= 15 is 0 Å². The van der Waals surface area contributed by atoms with Crippen LogP contribution < -0.4 is 11.1 Å². The Hall–Kier alpha value is -1.55. The number of fused-ring (bicyclic) bond motifs is 1. The van der Waals surface area contributed by atoms with E-state index < -0.39 is 0 Å². The van der Waals surface area contributed by atoms with Gasteiger partial charge in [-0.25, -0.2) is 4.79 Å². The summed E-state index contributed by atoms with van der Waals surface area (Å²) in [6.07, 6.45) is 0.914. The zero-order chi connectivity index (χ0) is 14.9. The van der Waals surface area contributed by atoms with Gasteiger partial charge in [0.25, 0.3) is 0 Å². The van der Waals surface area contributed by atoms with E-state index in [2.05, 4.69) is 39.1 Å². The molecule has 110 valence electrons. The van der Waals surface area contributed by atoms with E-state index in [1.165, 1.54) is 0 Å². The molecule has 2 rings (SSSR count). The van der Waals surface area contributed by atoms with Gasteiger partial charge in [0, 0.05) is 12.6 Å². The maximum absolute atomic E-state index is 11.9. The highest BCUT2D eigenvalue weighted by Gasteiger charge is 2.25. The Morgan fingerprint density at radius 3 is 2.60 bits per heavy atom. The van der Waals surface area contributed by atoms with Crippen LogP contribution in [0.2, 0.25) is 0 Å². The van der Waals surface area contributed by atoms with Crippen LogP contribution >= 0.6 is 0 Å². The van der Waals surface area contributed by atoms with E-state index in [-0.39, 0.29) is 17.2 Å². The van der Waals surface area contributed by atoms with Crippen LogP contribution in [-0.2, 0) is 6.54 Å². The van der Waals surface area contributed by atoms with Gasteiger partial charge < -0.3 is 9.73 Å². The third-order valence-corrected chi connectivity index (χ3v) is 3.63. The highest BCUT2D eigenvalue weighted by molar-refractivity contribution is 5.74. The summed E-state index contributed by atoms with van der Waals surface area (Å²) in [6.45, 7) is 9.32. The van der Waals surface area contributed by atoms with Crippen molar-refractivity contribution < 1.29 is 4.42 Å². The molecule has 20 heavy (non-hydrogen) atoms. The molecule has 1 aromatic heterocycles. The Bertz CT molecular complexity index is 647. The molecule has 4 heteroatoms. The minimum absolute atomic E-state index is 0.0920. The van der Waals surface area contributed by atoms with Crippen molar-refractivity contribution in [2.75, 3.05) is 7.05 Å². The van der Waals surface area contributed by atoms with Crippen LogP contribution in [0.5, 0.6) is 0 Å². The molecule has 0 saturated carbocycles. The van der Waals surface area contributed by atoms with E-state index in [4.69, 9.17) is 4.42 Å². The number of oxazole rings is 1. The highest BCUT2D eigenvalue weighted by Crippen LogP contribution is 2.33. The first kappa shape index (κ1) is 14.9. The lowest BCUT2D eigenvalue weighted by Crippen LogP contribution is -2.29. The summed E-state index contributed by atoms with van der Waals surface area (Å²) in [5.41, 5.74) is 2.79. The van der Waals surface area contributed by atoms with E-state index in [0.29, 0.717) is 12.1 Å². The van der Waals surface area contributed by atoms with Crippen molar-refractivity contribution in [2.24, 2.45) is 5.41 Å². The highest BCUT2D eigenvalue weighted by atomic mass is 16.4. The molecular formula is C16H24N2O2. The molecule has 0 aliphatic carbocycles. The van der Waals surface area contributed by atoms with Gasteiger partial charge in [0.15, 0.2) is 5.58 Å². The van der Waals surface area contributed by atoms with Crippen molar-refractivity contribution in [1.29, 1.82) is 0 Å². The molecule has 0 saturated heterocycles. The monoisotopic (exact) mass is 276 g/mol. The Morgan fingerprint density at radius 2 is 2.05 bits per heavy atom. The van der Waals surface area contributed by atoms with Gasteiger partial charge in [-0.2, -0.15) is 0 Å². The zero-order valence-electron chi connectivity index (χ0n) is 13.0. The van der Waals surface area contributed by atoms with Gasteiger partial charge in [-0.3, -0.25) is 4.57 Å². The predicted octanol–water partition coefficient (Wildman–Crippen LogP) is 3.31. The number of hydrogen-bond acceptors (Lipinski definition) is 3. The fraction of sp³-hybridized carbons (Fsp3) is 0.562. The molecule has 0 spiro atoms. The Balaban J connectivity index is 2.52. The van der Waals surface area contributed by atoms with E-state index in [1.54, 1.807) is 4.57 Å². The predicted molar refractivity (Wildman–Crippen MR) is 82.0 cm³/mol. The molecule has 0 aliphatic rings. The van der Waals surface area contributed by atoms with Crippen LogP contribution in [0.25, 0.3) is 11.1 Å². The largest absolute Gasteiger partial charge is 0.419 e. The lowest BCUT2D eigenvalue weighted by Gasteiger charge is -2.30. The number of benzene rings is 1. The van der Waals surface area contributed by atoms with Gasteiger partial charge in [0.2, 0.25) is 0 Å². The van der Waals surface area contributed by atoms with E-state index in [1.807, 2.05) is 19.2 Å². The third-order valence-electron chi connectivity index (χ3n) is 3.63. The van der Waals surface area contributed by atoms with Gasteiger partial charge in [0.1, 0.15) is 0 Å². The number of aromatic nitrogens is 1. The quantitative estimate of drug-likeness (QED) is 0.932. The molecule has 0 fully saturated rings. The van der Waals surface area contributed by atoms with Crippen LogP contribution in [-0.4, -0.2) is 11.6 Å². The molecule has 0 radical (unpaired) electrons. The summed E-state index contributed by atoms with van der Waals surface area (Å²) >= 11 is 0. The van der Waals surface area contributed by atoms with Crippen LogP contribution in [0.4, 0.5) is 0 Å². The van der Waals surface area contributed by atoms with Gasteiger partial charge in [-0.1, -0.05) is 33.8 Å². The molecule has 1 aromatic carbocycles. The summed E-state index contributed by atoms with van der Waals surface area (Å²) in [4.78, 5) is 11.9. The number of hydrogen-bond donors (Lipinski definition) is 1. The van der Waals surface area contributed by atoms with Crippen molar-refractivity contribution in [1.82, 2.24) is 9.88 Å². The molecule has 1 N–H and O–H groups in total. The molecular weight excluding hydrogens is 252 g/mol. The minimum atomic E-state index is -0.268. The number of rotatable bonds is 4. The maximum atomic E-state index is 11.9. The molecule has 0 bridgehead atoms. The van der Waals surface area contributed by atoms with Gasteiger partial charge in [-0.15, -0.1) is 0 Å². The summed E-state index contributed by atoms with van der Waals surface area (Å²) < 4.78 is 7.08. The molecule has 1 unspecified atom stereocenters. The van der Waals surface area contributed by atoms with Crippen LogP contribution in [0.15, 0.2) is 27.4 Å². The first-order valence-electron chi connectivity index (χ1n) is 7.19. The fourth-order valence-corrected chi connectivity index (χ4v) is 2.80. The Morgan fingerprint density at radius 1 is 1.35 bits per heavy atom. The molecule has 0 amide bonds. The standard InChI is InChI=1S/C16H24N2O2/c1-6-9-18-12-8-7-11(10-13(12)20-15(18)19)14(17-5)16(2,3)4/h7-8,10,14,17H,6,9H2,1-5H3. The maximum Gasteiger partial charge on any atom is 0.419 e. The molecule has 4 nitrogen and oxygen atoms in total. The summed E-state index contributed by atoms with van der Waals surface area (Å²) in [5, 5.41) is 3.34. The first-order chi connectivity index (χ1) is 9.38. The van der Waals surface area contributed by atoms with Gasteiger partial charge >= 0.3 is 5.76 Å². The normalized spacial score (nSPS) is 13.8. The number of nitrogens with zero attached hydrogens (tertiary/aromatic N) is 1.